The summed E-state index contributed by atoms with van der Waals surface area (Å²) in [5.74, 6) is 4.93. The number of hydrazone groups is 1. The largest absolute Gasteiger partial charge is 0.394 e. The van der Waals surface area contributed by atoms with Gasteiger partial charge in [-0.2, -0.15) is 5.10 Å². The minimum atomic E-state index is -1.30. The van der Waals surface area contributed by atoms with Crippen LogP contribution < -0.4 is 5.84 Å². The van der Waals surface area contributed by atoms with Gasteiger partial charge in [-0.3, -0.25) is 4.99 Å². The van der Waals surface area contributed by atoms with Crippen molar-refractivity contribution in [2.45, 2.75) is 34.7 Å². The molecule has 166 valence electrons. The Labute approximate surface area is 192 Å². The maximum absolute atomic E-state index is 13.5. The topological polar surface area (TPSA) is 121 Å². The van der Waals surface area contributed by atoms with E-state index in [1.807, 2.05) is 0 Å². The molecule has 0 radical (unpaired) electrons. The molecule has 0 amide bonds. The smallest absolute Gasteiger partial charge is 0.136 e. The Morgan fingerprint density at radius 1 is 1.16 bits per heavy atom. The zero-order chi connectivity index (χ0) is 22.5. The Bertz CT molecular complexity index is 981. The molecule has 5 atom stereocenters. The molecule has 1 aliphatic heterocycles. The highest BCUT2D eigenvalue weighted by molar-refractivity contribution is 7.99. The van der Waals surface area contributed by atoms with Gasteiger partial charge in [0.25, 0.3) is 0 Å². The summed E-state index contributed by atoms with van der Waals surface area (Å²) in [6.07, 6.45) is -2.29. The lowest BCUT2D eigenvalue weighted by Gasteiger charge is -2.40. The number of nitrogens with two attached hydrogens (primary N) is 1. The van der Waals surface area contributed by atoms with E-state index in [-0.39, 0.29) is 5.71 Å². The van der Waals surface area contributed by atoms with Gasteiger partial charge in [0.15, 0.2) is 0 Å². The van der Waals surface area contributed by atoms with Gasteiger partial charge in [-0.1, -0.05) is 47.1 Å². The Balaban J connectivity index is 1.83. The molecule has 0 saturated carbocycles. The third-order valence-corrected chi connectivity index (χ3v) is 6.51. The number of ether oxygens (including phenoxy) is 1. The van der Waals surface area contributed by atoms with E-state index in [2.05, 4.69) is 10.1 Å². The van der Waals surface area contributed by atoms with Crippen molar-refractivity contribution in [1.29, 1.82) is 0 Å². The quantitative estimate of drug-likeness (QED) is 0.282. The van der Waals surface area contributed by atoms with E-state index in [4.69, 9.17) is 33.8 Å². The minimum Gasteiger partial charge on any atom is -0.394 e. The first-order valence-corrected chi connectivity index (χ1v) is 10.8. The fourth-order valence-electron chi connectivity index (χ4n) is 3.01. The normalized spacial score (nSPS) is 27.0. The van der Waals surface area contributed by atoms with Gasteiger partial charge in [0.2, 0.25) is 0 Å². The molecule has 0 bridgehead atoms. The van der Waals surface area contributed by atoms with Crippen LogP contribution in [0.2, 0.25) is 10.0 Å². The molecule has 1 aliphatic rings. The molecular weight excluding hydrogens is 468 g/mol. The number of nitrogens with zero attached hydrogens (tertiary/aromatic N) is 2. The highest BCUT2D eigenvalue weighted by Crippen LogP contribution is 2.36. The predicted molar refractivity (Wildman–Crippen MR) is 119 cm³/mol. The molecule has 5 N–H and O–H groups in total. The van der Waals surface area contributed by atoms with Crippen molar-refractivity contribution >= 4 is 46.9 Å². The molecule has 11 heteroatoms. The van der Waals surface area contributed by atoms with Crippen LogP contribution in [0, 0.1) is 5.82 Å². The van der Waals surface area contributed by atoms with E-state index in [0.717, 1.165) is 11.8 Å². The van der Waals surface area contributed by atoms with E-state index in [1.165, 1.54) is 24.4 Å². The summed E-state index contributed by atoms with van der Waals surface area (Å²) in [5, 5.41) is 35.3. The summed E-state index contributed by atoms with van der Waals surface area (Å²) in [6, 6.07) is 9.46. The lowest BCUT2D eigenvalue weighted by molar-refractivity contribution is -0.159. The molecule has 31 heavy (non-hydrogen) atoms. The summed E-state index contributed by atoms with van der Waals surface area (Å²) in [5.41, 5.74) is -0.338. The summed E-state index contributed by atoms with van der Waals surface area (Å²) in [7, 11) is 0. The molecule has 3 rings (SSSR count). The first-order valence-electron chi connectivity index (χ1n) is 9.15. The van der Waals surface area contributed by atoms with Gasteiger partial charge in [0.05, 0.1) is 16.7 Å². The van der Waals surface area contributed by atoms with Crippen molar-refractivity contribution in [3.63, 3.8) is 0 Å². The van der Waals surface area contributed by atoms with Gasteiger partial charge >= 0.3 is 0 Å². The van der Waals surface area contributed by atoms with Crippen LogP contribution in [0.1, 0.15) is 5.56 Å². The predicted octanol–water partition coefficient (Wildman–Crippen LogP) is 2.47. The van der Waals surface area contributed by atoms with Crippen molar-refractivity contribution in [3.05, 3.63) is 63.9 Å². The van der Waals surface area contributed by atoms with Crippen LogP contribution in [-0.4, -0.2) is 63.6 Å². The second-order valence-corrected chi connectivity index (χ2v) is 8.68. The minimum absolute atomic E-state index is 0.152. The van der Waals surface area contributed by atoms with Crippen LogP contribution in [0.5, 0.6) is 0 Å². The number of benzene rings is 2. The summed E-state index contributed by atoms with van der Waals surface area (Å²) in [4.78, 5) is 4.90. The third-order valence-electron chi connectivity index (χ3n) is 4.62. The van der Waals surface area contributed by atoms with Gasteiger partial charge in [-0.15, -0.1) is 0 Å². The van der Waals surface area contributed by atoms with Gasteiger partial charge in [0.1, 0.15) is 41.3 Å². The zero-order valence-corrected chi connectivity index (χ0v) is 18.3. The Morgan fingerprint density at radius 2 is 1.94 bits per heavy atom. The molecule has 0 aliphatic carbocycles. The molecule has 3 unspecified atom stereocenters. The second-order valence-electron chi connectivity index (χ2n) is 6.69. The van der Waals surface area contributed by atoms with Crippen LogP contribution in [0.15, 0.2) is 57.5 Å². The Hall–Kier alpha value is -1.72. The maximum Gasteiger partial charge on any atom is 0.136 e. The number of thioether (sulfide) groups is 1. The highest BCUT2D eigenvalue weighted by Gasteiger charge is 2.44. The molecule has 0 spiro atoms. The summed E-state index contributed by atoms with van der Waals surface area (Å²) in [6.45, 7) is -0.486. The zero-order valence-electron chi connectivity index (χ0n) is 16.0. The number of halogens is 3. The molecule has 0 aromatic heterocycles. The fraction of sp³-hybridized carbons (Fsp3) is 0.300. The van der Waals surface area contributed by atoms with E-state index in [1.54, 1.807) is 24.3 Å². The molecule has 1 saturated heterocycles. The Morgan fingerprint density at radius 3 is 2.58 bits per heavy atom. The van der Waals surface area contributed by atoms with Crippen molar-refractivity contribution in [2.75, 3.05) is 6.61 Å². The van der Waals surface area contributed by atoms with Crippen molar-refractivity contribution in [2.24, 2.45) is 15.9 Å². The molecule has 1 heterocycles. The van der Waals surface area contributed by atoms with Gasteiger partial charge < -0.3 is 25.9 Å². The van der Waals surface area contributed by atoms with Crippen molar-refractivity contribution < 1.29 is 24.4 Å². The number of hydrogen-bond donors (Lipinski definition) is 4. The van der Waals surface area contributed by atoms with Crippen LogP contribution in [-0.2, 0) is 4.74 Å². The highest BCUT2D eigenvalue weighted by atomic mass is 35.5. The summed E-state index contributed by atoms with van der Waals surface area (Å²) < 4.78 is 19.2. The fourth-order valence-corrected chi connectivity index (χ4v) is 4.47. The lowest BCUT2D eigenvalue weighted by Crippen LogP contribution is -2.56. The SMILES string of the molecule is NN=C(C=NC1C(O)[C@@H](Sc2ccc(Cl)c(Cl)c2)OC(CO)[C@@H]1O)c1cccc(F)c1. The first-order chi connectivity index (χ1) is 14.8. The van der Waals surface area contributed by atoms with Crippen molar-refractivity contribution in [3.8, 4) is 0 Å². The van der Waals surface area contributed by atoms with Gasteiger partial charge in [0, 0.05) is 16.7 Å². The standard InChI is InChI=1S/C20H20Cl2FN3O4S/c21-13-5-4-12(7-14(13)22)31-20-19(29)17(18(28)16(9-27)30-20)25-8-15(26-24)10-2-1-3-11(23)6-10/h1-8,16-20,27-29H,9,24H2/t16?,17?,18-,19?,20+/m0/s1. The number of aliphatic imine (C=N–C) groups is 1. The average molecular weight is 488 g/mol. The van der Waals surface area contributed by atoms with E-state index < -0.39 is 42.2 Å². The monoisotopic (exact) mass is 487 g/mol. The van der Waals surface area contributed by atoms with E-state index in [9.17, 15) is 19.7 Å². The molecule has 2 aromatic carbocycles. The van der Waals surface area contributed by atoms with E-state index in [0.29, 0.717) is 20.5 Å². The lowest BCUT2D eigenvalue weighted by atomic mass is 9.98. The van der Waals surface area contributed by atoms with Crippen LogP contribution in [0.3, 0.4) is 0 Å². The number of aliphatic hydroxyl groups excluding tert-OH is 3. The average Bonchev–Trinajstić information content (AvgIpc) is 2.75. The van der Waals surface area contributed by atoms with Crippen molar-refractivity contribution in [1.82, 2.24) is 0 Å². The Kier molecular flexibility index (Phi) is 8.29. The van der Waals surface area contributed by atoms with E-state index >= 15 is 0 Å². The maximum atomic E-state index is 13.5. The van der Waals surface area contributed by atoms with Gasteiger partial charge in [-0.05, 0) is 30.3 Å². The molecular formula is C20H20Cl2FN3O4S. The number of aliphatic hydroxyl groups is 3. The van der Waals surface area contributed by atoms with Crippen LogP contribution >= 0.6 is 35.0 Å². The number of hydrogen-bond acceptors (Lipinski definition) is 8. The summed E-state index contributed by atoms with van der Waals surface area (Å²) >= 11 is 13.1. The third kappa shape index (κ3) is 5.75. The van der Waals surface area contributed by atoms with Crippen LogP contribution in [0.25, 0.3) is 0 Å². The molecule has 2 aromatic rings. The molecule has 1 fully saturated rings. The second kappa shape index (κ2) is 10.7. The number of rotatable bonds is 6. The first kappa shape index (κ1) is 23.9. The molecule has 7 nitrogen and oxygen atoms in total. The van der Waals surface area contributed by atoms with Gasteiger partial charge in [-0.25, -0.2) is 4.39 Å². The van der Waals surface area contributed by atoms with Crippen LogP contribution in [0.4, 0.5) is 4.39 Å².